The zero-order valence-corrected chi connectivity index (χ0v) is 20.8. The Kier molecular flexibility index (Phi) is 6.91. The van der Waals surface area contributed by atoms with Crippen LogP contribution >= 0.6 is 0 Å². The number of fused-ring (bicyclic) bond motifs is 3. The van der Waals surface area contributed by atoms with Gasteiger partial charge in [-0.15, -0.1) is 0 Å². The molecule has 4 rings (SSSR count). The second-order valence-electron chi connectivity index (χ2n) is 8.48. The second kappa shape index (κ2) is 9.90. The van der Waals surface area contributed by atoms with Gasteiger partial charge < -0.3 is 28.4 Å². The van der Waals surface area contributed by atoms with Crippen LogP contribution in [-0.4, -0.2) is 53.1 Å². The van der Waals surface area contributed by atoms with Gasteiger partial charge in [-0.3, -0.25) is 4.79 Å². The Morgan fingerprint density at radius 2 is 1.49 bits per heavy atom. The Morgan fingerprint density at radius 3 is 2.03 bits per heavy atom. The average molecular weight is 483 g/mol. The molecule has 0 bridgehead atoms. The number of carbonyl (C=O) groups excluding carboxylic acids is 2. The highest BCUT2D eigenvalue weighted by Crippen LogP contribution is 2.51. The lowest BCUT2D eigenvalue weighted by molar-refractivity contribution is -0.144. The molecule has 2 aliphatic rings. The molecule has 0 aromatic heterocycles. The summed E-state index contributed by atoms with van der Waals surface area (Å²) in [7, 11) is 6.23. The first-order valence-corrected chi connectivity index (χ1v) is 11.5. The number of rotatable bonds is 7. The van der Waals surface area contributed by atoms with E-state index in [-0.39, 0.29) is 18.7 Å². The van der Waals surface area contributed by atoms with E-state index < -0.39 is 17.8 Å². The summed E-state index contributed by atoms with van der Waals surface area (Å²) in [4.78, 5) is 26.3. The molecule has 1 aliphatic carbocycles. The zero-order valence-electron chi connectivity index (χ0n) is 20.8. The maximum absolute atomic E-state index is 13.3. The van der Waals surface area contributed by atoms with Crippen LogP contribution in [0, 0.1) is 5.92 Å². The van der Waals surface area contributed by atoms with Crippen molar-refractivity contribution in [1.29, 1.82) is 0 Å². The van der Waals surface area contributed by atoms with Crippen molar-refractivity contribution in [2.75, 3.05) is 35.0 Å². The fourth-order valence-electron chi connectivity index (χ4n) is 4.95. The number of methoxy groups -OCH3 is 4. The third-order valence-electron chi connectivity index (χ3n) is 6.50. The first-order valence-electron chi connectivity index (χ1n) is 11.5. The number of ether oxygens (including phenoxy) is 6. The van der Waals surface area contributed by atoms with E-state index in [1.807, 2.05) is 31.2 Å². The molecule has 186 valence electrons. The van der Waals surface area contributed by atoms with Gasteiger partial charge in [0.05, 0.1) is 47.1 Å². The highest BCUT2D eigenvalue weighted by molar-refractivity contribution is 6.01. The van der Waals surface area contributed by atoms with Crippen molar-refractivity contribution in [3.05, 3.63) is 41.0 Å². The van der Waals surface area contributed by atoms with Crippen LogP contribution in [0.2, 0.25) is 0 Å². The fourth-order valence-corrected chi connectivity index (χ4v) is 4.95. The Balaban J connectivity index is 2.09. The minimum Gasteiger partial charge on any atom is -0.493 e. The number of esters is 2. The minimum absolute atomic E-state index is 0.200. The molecule has 8 heteroatoms. The first kappa shape index (κ1) is 24.4. The van der Waals surface area contributed by atoms with E-state index in [0.29, 0.717) is 35.0 Å². The average Bonchev–Trinajstić information content (AvgIpc) is 3.12. The Hall–Kier alpha value is -3.68. The van der Waals surface area contributed by atoms with Gasteiger partial charge >= 0.3 is 11.9 Å². The van der Waals surface area contributed by atoms with Crippen LogP contribution in [0.4, 0.5) is 0 Å². The fraction of sp³-hybridized carbons (Fsp3) is 0.407. The molecule has 1 fully saturated rings. The number of hydrogen-bond acceptors (Lipinski definition) is 8. The molecule has 2 aromatic rings. The lowest BCUT2D eigenvalue weighted by atomic mass is 9.77. The van der Waals surface area contributed by atoms with Crippen molar-refractivity contribution in [1.82, 2.24) is 0 Å². The number of hydrogen-bond donors (Lipinski definition) is 0. The van der Waals surface area contributed by atoms with Crippen LogP contribution in [0.1, 0.15) is 37.3 Å². The van der Waals surface area contributed by atoms with Gasteiger partial charge in [-0.2, -0.15) is 0 Å². The summed E-state index contributed by atoms with van der Waals surface area (Å²) in [6, 6.07) is 7.35. The van der Waals surface area contributed by atoms with E-state index in [9.17, 15) is 9.59 Å². The van der Waals surface area contributed by atoms with Crippen LogP contribution in [0.3, 0.4) is 0 Å². The Labute approximate surface area is 204 Å². The van der Waals surface area contributed by atoms with Gasteiger partial charge in [-0.05, 0) is 72.9 Å². The summed E-state index contributed by atoms with van der Waals surface area (Å²) in [5.74, 6) is 0.0232. The first-order chi connectivity index (χ1) is 16.9. The normalized spacial score (nSPS) is 20.6. The largest absolute Gasteiger partial charge is 0.493 e. The molecule has 0 spiro atoms. The molecule has 2 aromatic carbocycles. The van der Waals surface area contributed by atoms with Crippen molar-refractivity contribution < 1.29 is 38.0 Å². The van der Waals surface area contributed by atoms with Crippen molar-refractivity contribution in [3.8, 4) is 34.1 Å². The van der Waals surface area contributed by atoms with Gasteiger partial charge in [0, 0.05) is 11.5 Å². The zero-order chi connectivity index (χ0) is 25.3. The maximum Gasteiger partial charge on any atom is 0.334 e. The molecule has 1 heterocycles. The summed E-state index contributed by atoms with van der Waals surface area (Å²) < 4.78 is 33.2. The monoisotopic (exact) mass is 482 g/mol. The van der Waals surface area contributed by atoms with E-state index >= 15 is 0 Å². The van der Waals surface area contributed by atoms with Crippen molar-refractivity contribution in [2.24, 2.45) is 5.92 Å². The number of cyclic esters (lactones) is 1. The van der Waals surface area contributed by atoms with Crippen LogP contribution in [0.25, 0.3) is 17.2 Å². The number of benzene rings is 2. The standard InChI is InChI=1S/C27H30O8/c1-7-34-26(28)20-9-15-10-21(30-3)22(31-4)11-16(15)17-12-23(32-5)24(33-6)13-18(17)25(20)19-8-14(2)35-27(19)29/h9-14,19,25H,7-8H2,1-6H3/t14-,19+,25+/m0/s1. The smallest absolute Gasteiger partial charge is 0.334 e. The minimum atomic E-state index is -0.620. The van der Waals surface area contributed by atoms with Gasteiger partial charge in [0.25, 0.3) is 0 Å². The van der Waals surface area contributed by atoms with Crippen LogP contribution in [0.15, 0.2) is 29.8 Å². The second-order valence-corrected chi connectivity index (χ2v) is 8.48. The molecule has 3 atom stereocenters. The van der Waals surface area contributed by atoms with Crippen LogP contribution in [-0.2, 0) is 19.1 Å². The maximum atomic E-state index is 13.3. The van der Waals surface area contributed by atoms with E-state index in [2.05, 4.69) is 0 Å². The summed E-state index contributed by atoms with van der Waals surface area (Å²) in [6.07, 6.45) is 1.98. The highest BCUT2D eigenvalue weighted by atomic mass is 16.6. The van der Waals surface area contributed by atoms with E-state index in [1.165, 1.54) is 0 Å². The number of carbonyl (C=O) groups is 2. The SMILES string of the molecule is CCOC(=O)C1=Cc2cc(OC)c(OC)cc2-c2cc(OC)c(OC)cc2[C@@H]1[C@H]1C[C@H](C)OC1=O. The Bertz CT molecular complexity index is 1180. The van der Waals surface area contributed by atoms with E-state index in [4.69, 9.17) is 28.4 Å². The topological polar surface area (TPSA) is 89.5 Å². The molecule has 35 heavy (non-hydrogen) atoms. The third kappa shape index (κ3) is 4.29. The van der Waals surface area contributed by atoms with Crippen molar-refractivity contribution in [3.63, 3.8) is 0 Å². The molecule has 0 unspecified atom stereocenters. The van der Waals surface area contributed by atoms with Crippen LogP contribution in [0.5, 0.6) is 23.0 Å². The lowest BCUT2D eigenvalue weighted by Gasteiger charge is -2.25. The quantitative estimate of drug-likeness (QED) is 0.537. The summed E-state index contributed by atoms with van der Waals surface area (Å²) in [6.45, 7) is 3.80. The summed E-state index contributed by atoms with van der Waals surface area (Å²) in [5.41, 5.74) is 3.40. The van der Waals surface area contributed by atoms with E-state index in [1.54, 1.807) is 41.4 Å². The van der Waals surface area contributed by atoms with Gasteiger partial charge in [0.1, 0.15) is 0 Å². The van der Waals surface area contributed by atoms with E-state index in [0.717, 1.165) is 22.3 Å². The predicted octanol–water partition coefficient (Wildman–Crippen LogP) is 4.38. The molecular weight excluding hydrogens is 452 g/mol. The van der Waals surface area contributed by atoms with Crippen LogP contribution < -0.4 is 18.9 Å². The molecule has 8 nitrogen and oxygen atoms in total. The molecule has 1 saturated heterocycles. The van der Waals surface area contributed by atoms with Crippen molar-refractivity contribution in [2.45, 2.75) is 32.3 Å². The predicted molar refractivity (Wildman–Crippen MR) is 129 cm³/mol. The Morgan fingerprint density at radius 1 is 0.914 bits per heavy atom. The lowest BCUT2D eigenvalue weighted by Crippen LogP contribution is -2.24. The summed E-state index contributed by atoms with van der Waals surface area (Å²) >= 11 is 0. The van der Waals surface area contributed by atoms with Crippen molar-refractivity contribution >= 4 is 18.0 Å². The summed E-state index contributed by atoms with van der Waals surface area (Å²) in [5, 5.41) is 0. The third-order valence-corrected chi connectivity index (χ3v) is 6.50. The van der Waals surface area contributed by atoms with Gasteiger partial charge in [-0.25, -0.2) is 4.79 Å². The molecule has 0 amide bonds. The highest BCUT2D eigenvalue weighted by Gasteiger charge is 2.44. The molecule has 1 aliphatic heterocycles. The molecule has 0 saturated carbocycles. The molecule has 0 radical (unpaired) electrons. The molecular formula is C27H30O8. The van der Waals surface area contributed by atoms with Gasteiger partial charge in [0.15, 0.2) is 23.0 Å². The molecule has 0 N–H and O–H groups in total. The van der Waals surface area contributed by atoms with Gasteiger partial charge in [0.2, 0.25) is 0 Å². The van der Waals surface area contributed by atoms with Gasteiger partial charge in [-0.1, -0.05) is 0 Å².